The lowest BCUT2D eigenvalue weighted by Crippen LogP contribution is -2.16. The zero-order valence-electron chi connectivity index (χ0n) is 11.1. The van der Waals surface area contributed by atoms with Crippen LogP contribution in [0.3, 0.4) is 0 Å². The lowest BCUT2D eigenvalue weighted by molar-refractivity contribution is 0.332. The van der Waals surface area contributed by atoms with Crippen molar-refractivity contribution in [3.8, 4) is 5.75 Å². The molecule has 0 aromatic heterocycles. The van der Waals surface area contributed by atoms with E-state index in [0.29, 0.717) is 13.2 Å². The number of nitrogens with one attached hydrogen (secondary N) is 1. The number of rotatable bonds is 6. The smallest absolute Gasteiger partial charge is 0.182 e. The number of benzene rings is 2. The fourth-order valence-corrected chi connectivity index (χ4v) is 1.91. The van der Waals surface area contributed by atoms with Crippen molar-refractivity contribution < 1.29 is 13.5 Å². The Morgan fingerprint density at radius 1 is 1.10 bits per heavy atom. The van der Waals surface area contributed by atoms with Crippen LogP contribution in [-0.2, 0) is 0 Å². The Balaban J connectivity index is 1.92. The molecular formula is C15H14F2N2OS. The number of hydrogen-bond acceptors (Lipinski definition) is 3. The molecule has 6 heteroatoms. The van der Waals surface area contributed by atoms with Gasteiger partial charge in [0.1, 0.15) is 17.3 Å². The molecule has 2 aromatic rings. The normalized spacial score (nSPS) is 10.2. The predicted octanol–water partition coefficient (Wildman–Crippen LogP) is 3.09. The highest BCUT2D eigenvalue weighted by Gasteiger charge is 2.14. The topological polar surface area (TPSA) is 47.3 Å². The average molecular weight is 308 g/mol. The van der Waals surface area contributed by atoms with Gasteiger partial charge in [-0.2, -0.15) is 0 Å². The second-order valence-corrected chi connectivity index (χ2v) is 4.68. The quantitative estimate of drug-likeness (QED) is 0.636. The summed E-state index contributed by atoms with van der Waals surface area (Å²) in [6.07, 6.45) is 0. The van der Waals surface area contributed by atoms with Crippen molar-refractivity contribution in [1.29, 1.82) is 0 Å². The Morgan fingerprint density at radius 2 is 1.81 bits per heavy atom. The average Bonchev–Trinajstić information content (AvgIpc) is 2.48. The van der Waals surface area contributed by atoms with E-state index in [-0.39, 0.29) is 16.2 Å². The molecule has 3 N–H and O–H groups in total. The van der Waals surface area contributed by atoms with E-state index in [1.807, 2.05) is 30.3 Å². The molecule has 3 nitrogen and oxygen atoms in total. The van der Waals surface area contributed by atoms with E-state index in [4.69, 9.17) is 10.5 Å². The Kier molecular flexibility index (Phi) is 5.05. The largest absolute Gasteiger partial charge is 0.492 e. The molecule has 0 heterocycles. The summed E-state index contributed by atoms with van der Waals surface area (Å²) in [4.78, 5) is -0.176. The van der Waals surface area contributed by atoms with Crippen molar-refractivity contribution in [3.63, 3.8) is 0 Å². The molecule has 0 saturated heterocycles. The van der Waals surface area contributed by atoms with E-state index >= 15 is 0 Å². The van der Waals surface area contributed by atoms with Crippen LogP contribution in [0.5, 0.6) is 5.75 Å². The van der Waals surface area contributed by atoms with Gasteiger partial charge in [0.2, 0.25) is 0 Å². The molecule has 110 valence electrons. The summed E-state index contributed by atoms with van der Waals surface area (Å²) in [6.45, 7) is 0.653. The predicted molar refractivity (Wildman–Crippen MR) is 82.7 cm³/mol. The maximum absolute atomic E-state index is 13.8. The van der Waals surface area contributed by atoms with Crippen molar-refractivity contribution in [2.75, 3.05) is 18.5 Å². The number of ether oxygens (including phenoxy) is 1. The van der Waals surface area contributed by atoms with Gasteiger partial charge >= 0.3 is 0 Å². The molecule has 0 aliphatic carbocycles. The van der Waals surface area contributed by atoms with E-state index in [1.54, 1.807) is 0 Å². The lowest BCUT2D eigenvalue weighted by atomic mass is 10.2. The van der Waals surface area contributed by atoms with Crippen molar-refractivity contribution in [2.24, 2.45) is 5.73 Å². The van der Waals surface area contributed by atoms with Gasteiger partial charge < -0.3 is 15.8 Å². The van der Waals surface area contributed by atoms with E-state index in [0.717, 1.165) is 5.75 Å². The summed E-state index contributed by atoms with van der Waals surface area (Å²) in [7, 11) is 0. The monoisotopic (exact) mass is 308 g/mol. The standard InChI is InChI=1S/C15H14F2N2OS/c16-13-11(15(18)21)6-7-12(14(13)17)19-8-9-20-10-4-2-1-3-5-10/h1-7,19H,8-9H2,(H2,18,21). The minimum absolute atomic E-state index is 0.0455. The first kappa shape index (κ1) is 15.2. The molecule has 0 aliphatic heterocycles. The number of thiocarbonyl (C=S) groups is 1. The molecule has 0 aliphatic rings. The molecule has 0 unspecified atom stereocenters. The van der Waals surface area contributed by atoms with Gasteiger partial charge in [0.25, 0.3) is 0 Å². The van der Waals surface area contributed by atoms with Gasteiger partial charge in [-0.15, -0.1) is 0 Å². The summed E-state index contributed by atoms with van der Waals surface area (Å²) in [5, 5.41) is 2.77. The van der Waals surface area contributed by atoms with Crippen molar-refractivity contribution in [3.05, 3.63) is 59.7 Å². The van der Waals surface area contributed by atoms with Gasteiger partial charge in [0.15, 0.2) is 11.6 Å². The zero-order valence-corrected chi connectivity index (χ0v) is 11.9. The lowest BCUT2D eigenvalue weighted by Gasteiger charge is -2.11. The molecule has 0 saturated carbocycles. The van der Waals surface area contributed by atoms with E-state index in [9.17, 15) is 8.78 Å². The first-order valence-corrected chi connectivity index (χ1v) is 6.70. The zero-order chi connectivity index (χ0) is 15.2. The van der Waals surface area contributed by atoms with Crippen LogP contribution < -0.4 is 15.8 Å². The second kappa shape index (κ2) is 6.99. The third kappa shape index (κ3) is 3.88. The van der Waals surface area contributed by atoms with Crippen LogP contribution in [0.4, 0.5) is 14.5 Å². The molecule has 21 heavy (non-hydrogen) atoms. The van der Waals surface area contributed by atoms with Crippen molar-refractivity contribution >= 4 is 22.9 Å². The Bertz CT molecular complexity index is 635. The summed E-state index contributed by atoms with van der Waals surface area (Å²) in [5.41, 5.74) is 5.25. The molecule has 0 spiro atoms. The number of para-hydroxylation sites is 1. The first-order chi connectivity index (χ1) is 10.1. The van der Waals surface area contributed by atoms with Crippen LogP contribution in [0.2, 0.25) is 0 Å². The third-order valence-electron chi connectivity index (χ3n) is 2.78. The van der Waals surface area contributed by atoms with Crippen molar-refractivity contribution in [1.82, 2.24) is 0 Å². The van der Waals surface area contributed by atoms with Gasteiger partial charge in [-0.25, -0.2) is 8.78 Å². The van der Waals surface area contributed by atoms with Crippen LogP contribution in [0, 0.1) is 11.6 Å². The maximum Gasteiger partial charge on any atom is 0.182 e. The SMILES string of the molecule is NC(=S)c1ccc(NCCOc2ccccc2)c(F)c1F. The Labute approximate surface area is 126 Å². The van der Waals surface area contributed by atoms with Gasteiger partial charge in [-0.1, -0.05) is 30.4 Å². The highest BCUT2D eigenvalue weighted by molar-refractivity contribution is 7.80. The minimum Gasteiger partial charge on any atom is -0.492 e. The first-order valence-electron chi connectivity index (χ1n) is 6.29. The summed E-state index contributed by atoms with van der Waals surface area (Å²) < 4.78 is 32.9. The highest BCUT2D eigenvalue weighted by atomic mass is 32.1. The molecule has 2 aromatic carbocycles. The second-order valence-electron chi connectivity index (χ2n) is 4.24. The van der Waals surface area contributed by atoms with Crippen LogP contribution >= 0.6 is 12.2 Å². The van der Waals surface area contributed by atoms with Gasteiger partial charge in [-0.05, 0) is 24.3 Å². The molecular weight excluding hydrogens is 294 g/mol. The summed E-state index contributed by atoms with van der Waals surface area (Å²) in [6, 6.07) is 12.0. The van der Waals surface area contributed by atoms with E-state index in [1.165, 1.54) is 12.1 Å². The van der Waals surface area contributed by atoms with Gasteiger partial charge in [-0.3, -0.25) is 0 Å². The number of halogens is 2. The maximum atomic E-state index is 13.8. The van der Waals surface area contributed by atoms with Crippen LogP contribution in [0.1, 0.15) is 5.56 Å². The summed E-state index contributed by atoms with van der Waals surface area (Å²) in [5.74, 6) is -1.33. The van der Waals surface area contributed by atoms with E-state index < -0.39 is 11.6 Å². The van der Waals surface area contributed by atoms with Crippen LogP contribution in [0.15, 0.2) is 42.5 Å². The number of nitrogens with two attached hydrogens (primary N) is 1. The Morgan fingerprint density at radius 3 is 2.48 bits per heavy atom. The number of anilines is 1. The van der Waals surface area contributed by atoms with E-state index in [2.05, 4.69) is 17.5 Å². The van der Waals surface area contributed by atoms with Crippen LogP contribution in [-0.4, -0.2) is 18.1 Å². The number of hydrogen-bond donors (Lipinski definition) is 2. The highest BCUT2D eigenvalue weighted by Crippen LogP contribution is 2.20. The fourth-order valence-electron chi connectivity index (χ4n) is 1.75. The summed E-state index contributed by atoms with van der Waals surface area (Å²) >= 11 is 4.64. The minimum atomic E-state index is -1.04. The molecule has 0 amide bonds. The molecule has 0 radical (unpaired) electrons. The molecule has 0 bridgehead atoms. The third-order valence-corrected chi connectivity index (χ3v) is 3.00. The van der Waals surface area contributed by atoms with Gasteiger partial charge in [0.05, 0.1) is 5.69 Å². The Hall–Kier alpha value is -2.21. The molecule has 0 atom stereocenters. The fraction of sp³-hybridized carbons (Fsp3) is 0.133. The molecule has 0 fully saturated rings. The molecule has 2 rings (SSSR count). The van der Waals surface area contributed by atoms with Gasteiger partial charge in [0, 0.05) is 12.1 Å². The van der Waals surface area contributed by atoms with Crippen molar-refractivity contribution in [2.45, 2.75) is 0 Å². The van der Waals surface area contributed by atoms with Crippen LogP contribution in [0.25, 0.3) is 0 Å².